The molecule has 60 valence electrons. The highest BCUT2D eigenvalue weighted by molar-refractivity contribution is 5.12. The zero-order valence-electron chi connectivity index (χ0n) is 6.47. The Bertz CT molecular complexity index is 248. The summed E-state index contributed by atoms with van der Waals surface area (Å²) in [5, 5.41) is 0. The third-order valence-electron chi connectivity index (χ3n) is 1.48. The molecule has 0 atom stereocenters. The lowest BCUT2D eigenvalue weighted by atomic mass is 10.2. The molecule has 0 unspecified atom stereocenters. The molecular weight excluding hydrogens is 143 g/mol. The molecular formula is C8H11FN2. The molecule has 0 saturated carbocycles. The van der Waals surface area contributed by atoms with Gasteiger partial charge in [-0.05, 0) is 25.6 Å². The number of rotatable bonds is 2. The van der Waals surface area contributed by atoms with E-state index in [1.54, 1.807) is 13.0 Å². The Morgan fingerprint density at radius 1 is 1.55 bits per heavy atom. The molecule has 0 aliphatic rings. The number of aromatic nitrogens is 1. The van der Waals surface area contributed by atoms with Crippen LogP contribution in [-0.4, -0.2) is 11.5 Å². The Balaban J connectivity index is 2.86. The van der Waals surface area contributed by atoms with Crippen molar-refractivity contribution in [3.63, 3.8) is 0 Å². The molecule has 1 rings (SSSR count). The van der Waals surface area contributed by atoms with E-state index in [1.807, 2.05) is 0 Å². The number of pyridine rings is 1. The van der Waals surface area contributed by atoms with Crippen LogP contribution in [0, 0.1) is 12.7 Å². The average molecular weight is 154 g/mol. The van der Waals surface area contributed by atoms with Gasteiger partial charge in [0.25, 0.3) is 0 Å². The summed E-state index contributed by atoms with van der Waals surface area (Å²) in [5.74, 6) is -0.259. The molecule has 3 heteroatoms. The van der Waals surface area contributed by atoms with Crippen LogP contribution in [0.1, 0.15) is 11.4 Å². The Labute approximate surface area is 65.3 Å². The van der Waals surface area contributed by atoms with Crippen LogP contribution in [-0.2, 0) is 6.42 Å². The predicted molar refractivity (Wildman–Crippen MR) is 41.7 cm³/mol. The minimum absolute atomic E-state index is 0.259. The summed E-state index contributed by atoms with van der Waals surface area (Å²) in [6.45, 7) is 2.20. The topological polar surface area (TPSA) is 38.9 Å². The fraction of sp³-hybridized carbons (Fsp3) is 0.375. The Morgan fingerprint density at radius 3 is 2.82 bits per heavy atom. The van der Waals surface area contributed by atoms with Crippen molar-refractivity contribution in [2.45, 2.75) is 13.3 Å². The van der Waals surface area contributed by atoms with Gasteiger partial charge in [-0.25, -0.2) is 4.39 Å². The maximum Gasteiger partial charge on any atom is 0.144 e. The fourth-order valence-electron chi connectivity index (χ4n) is 0.883. The molecule has 2 nitrogen and oxygen atoms in total. The van der Waals surface area contributed by atoms with Crippen LogP contribution in [0.25, 0.3) is 0 Å². The van der Waals surface area contributed by atoms with E-state index in [9.17, 15) is 4.39 Å². The molecule has 1 aromatic heterocycles. The largest absolute Gasteiger partial charge is 0.330 e. The number of nitrogens with zero attached hydrogens (tertiary/aromatic N) is 1. The summed E-state index contributed by atoms with van der Waals surface area (Å²) in [6, 6.07) is 3.09. The molecule has 0 fully saturated rings. The van der Waals surface area contributed by atoms with Crippen LogP contribution < -0.4 is 5.73 Å². The quantitative estimate of drug-likeness (QED) is 0.691. The zero-order valence-corrected chi connectivity index (χ0v) is 6.47. The smallest absolute Gasteiger partial charge is 0.144 e. The second-order valence-electron chi connectivity index (χ2n) is 2.41. The molecule has 0 saturated heterocycles. The van der Waals surface area contributed by atoms with E-state index in [0.29, 0.717) is 18.7 Å². The van der Waals surface area contributed by atoms with Gasteiger partial charge >= 0.3 is 0 Å². The second-order valence-corrected chi connectivity index (χ2v) is 2.41. The molecule has 0 bridgehead atoms. The van der Waals surface area contributed by atoms with E-state index in [4.69, 9.17) is 5.73 Å². The van der Waals surface area contributed by atoms with E-state index in [-0.39, 0.29) is 5.82 Å². The molecule has 0 radical (unpaired) electrons. The summed E-state index contributed by atoms with van der Waals surface area (Å²) in [4.78, 5) is 4.01. The summed E-state index contributed by atoms with van der Waals surface area (Å²) in [5.41, 5.74) is 6.61. The number of aryl methyl sites for hydroxylation is 1. The molecule has 0 aliphatic carbocycles. The third-order valence-corrected chi connectivity index (χ3v) is 1.48. The van der Waals surface area contributed by atoms with E-state index < -0.39 is 0 Å². The standard InChI is InChI=1S/C8H11FN2/c1-6-8(9)3-2-7(11-6)4-5-10/h2-3H,4-5,10H2,1H3. The van der Waals surface area contributed by atoms with Crippen LogP contribution >= 0.6 is 0 Å². The van der Waals surface area contributed by atoms with Crippen molar-refractivity contribution in [3.05, 3.63) is 29.3 Å². The van der Waals surface area contributed by atoms with Crippen molar-refractivity contribution in [3.8, 4) is 0 Å². The van der Waals surface area contributed by atoms with Crippen molar-refractivity contribution >= 4 is 0 Å². The van der Waals surface area contributed by atoms with Crippen molar-refractivity contribution in [2.75, 3.05) is 6.54 Å². The van der Waals surface area contributed by atoms with Gasteiger partial charge in [0, 0.05) is 12.1 Å². The first kappa shape index (κ1) is 8.14. The van der Waals surface area contributed by atoms with E-state index in [1.165, 1.54) is 6.07 Å². The summed E-state index contributed by atoms with van der Waals surface area (Å²) < 4.78 is 12.6. The lowest BCUT2D eigenvalue weighted by Gasteiger charge is -1.99. The van der Waals surface area contributed by atoms with Crippen LogP contribution in [0.5, 0.6) is 0 Å². The average Bonchev–Trinajstić information content (AvgIpc) is 1.98. The van der Waals surface area contributed by atoms with Gasteiger partial charge in [0.2, 0.25) is 0 Å². The highest BCUT2D eigenvalue weighted by Crippen LogP contribution is 2.04. The second kappa shape index (κ2) is 3.44. The van der Waals surface area contributed by atoms with Gasteiger partial charge in [-0.3, -0.25) is 4.98 Å². The van der Waals surface area contributed by atoms with Gasteiger partial charge in [-0.15, -0.1) is 0 Å². The van der Waals surface area contributed by atoms with E-state index in [2.05, 4.69) is 4.98 Å². The van der Waals surface area contributed by atoms with Crippen LogP contribution in [0.3, 0.4) is 0 Å². The number of halogens is 1. The number of hydrogen-bond donors (Lipinski definition) is 1. The molecule has 0 aliphatic heterocycles. The third kappa shape index (κ3) is 1.98. The summed E-state index contributed by atoms with van der Waals surface area (Å²) in [6.07, 6.45) is 0.709. The molecule has 1 aromatic rings. The van der Waals surface area contributed by atoms with E-state index >= 15 is 0 Å². The first-order chi connectivity index (χ1) is 5.24. The molecule has 11 heavy (non-hydrogen) atoms. The Hall–Kier alpha value is -0.960. The molecule has 0 spiro atoms. The molecule has 0 amide bonds. The van der Waals surface area contributed by atoms with Gasteiger partial charge in [0.15, 0.2) is 0 Å². The van der Waals surface area contributed by atoms with Gasteiger partial charge in [-0.2, -0.15) is 0 Å². The molecule has 2 N–H and O–H groups in total. The Morgan fingerprint density at radius 2 is 2.27 bits per heavy atom. The lowest BCUT2D eigenvalue weighted by Crippen LogP contribution is -2.05. The van der Waals surface area contributed by atoms with Gasteiger partial charge in [0.1, 0.15) is 5.82 Å². The Kier molecular flexibility index (Phi) is 2.54. The van der Waals surface area contributed by atoms with Crippen molar-refractivity contribution in [1.82, 2.24) is 4.98 Å². The lowest BCUT2D eigenvalue weighted by molar-refractivity contribution is 0.607. The predicted octanol–water partition coefficient (Wildman–Crippen LogP) is 1.03. The van der Waals surface area contributed by atoms with Gasteiger partial charge < -0.3 is 5.73 Å². The van der Waals surface area contributed by atoms with Gasteiger partial charge in [0.05, 0.1) is 5.69 Å². The summed E-state index contributed by atoms with van der Waals surface area (Å²) >= 11 is 0. The molecule has 1 heterocycles. The zero-order chi connectivity index (χ0) is 8.27. The SMILES string of the molecule is Cc1nc(CCN)ccc1F. The van der Waals surface area contributed by atoms with Gasteiger partial charge in [-0.1, -0.05) is 0 Å². The fourth-order valence-corrected chi connectivity index (χ4v) is 0.883. The van der Waals surface area contributed by atoms with Crippen molar-refractivity contribution in [2.24, 2.45) is 5.73 Å². The summed E-state index contributed by atoms with van der Waals surface area (Å²) in [7, 11) is 0. The van der Waals surface area contributed by atoms with Crippen LogP contribution in [0.15, 0.2) is 12.1 Å². The minimum atomic E-state index is -0.259. The van der Waals surface area contributed by atoms with Crippen molar-refractivity contribution in [1.29, 1.82) is 0 Å². The minimum Gasteiger partial charge on any atom is -0.330 e. The highest BCUT2D eigenvalue weighted by Gasteiger charge is 1.98. The number of nitrogens with two attached hydrogens (primary N) is 1. The van der Waals surface area contributed by atoms with E-state index in [0.717, 1.165) is 5.69 Å². The molecule has 0 aromatic carbocycles. The maximum atomic E-state index is 12.6. The normalized spacial score (nSPS) is 10.1. The van der Waals surface area contributed by atoms with Crippen molar-refractivity contribution < 1.29 is 4.39 Å². The first-order valence-corrected chi connectivity index (χ1v) is 3.56. The van der Waals surface area contributed by atoms with Crippen LogP contribution in [0.2, 0.25) is 0 Å². The number of hydrogen-bond acceptors (Lipinski definition) is 2. The van der Waals surface area contributed by atoms with Crippen LogP contribution in [0.4, 0.5) is 4.39 Å². The monoisotopic (exact) mass is 154 g/mol. The highest BCUT2D eigenvalue weighted by atomic mass is 19.1. The first-order valence-electron chi connectivity index (χ1n) is 3.56. The maximum absolute atomic E-state index is 12.6.